The summed E-state index contributed by atoms with van der Waals surface area (Å²) in [5.74, 6) is -3.13. The zero-order chi connectivity index (χ0) is 29.1. The number of nitrogens with two attached hydrogens (primary N) is 1. The van der Waals surface area contributed by atoms with Gasteiger partial charge < -0.3 is 31.9 Å². The number of nitrogens with zero attached hydrogens (tertiary/aromatic N) is 1. The number of anilines is 1. The van der Waals surface area contributed by atoms with E-state index in [0.29, 0.717) is 24.9 Å². The number of nitrogens with one attached hydrogen (secondary N) is 5. The van der Waals surface area contributed by atoms with Crippen LogP contribution in [0.2, 0.25) is 0 Å². The van der Waals surface area contributed by atoms with Gasteiger partial charge in [0.05, 0.1) is 6.04 Å². The topological polar surface area (TPSA) is 187 Å². The Hall–Kier alpha value is -4.03. The van der Waals surface area contributed by atoms with Crippen molar-refractivity contribution in [2.75, 3.05) is 25.1 Å². The van der Waals surface area contributed by atoms with Gasteiger partial charge in [-0.1, -0.05) is 19.9 Å². The predicted octanol–water partition coefficient (Wildman–Crippen LogP) is 0.677. The van der Waals surface area contributed by atoms with Gasteiger partial charge in [-0.3, -0.25) is 29.4 Å². The normalized spacial score (nSPS) is 16.2. The van der Waals surface area contributed by atoms with Crippen LogP contribution in [-0.2, 0) is 19.2 Å². The third-order valence-electron chi connectivity index (χ3n) is 6.32. The van der Waals surface area contributed by atoms with Gasteiger partial charge in [0.1, 0.15) is 18.8 Å². The van der Waals surface area contributed by atoms with Crippen LogP contribution in [0.1, 0.15) is 56.8 Å². The number of rotatable bonds is 13. The van der Waals surface area contributed by atoms with Crippen LogP contribution < -0.4 is 27.0 Å². The number of hydrogen-bond donors (Lipinski definition) is 6. The molecule has 2 unspecified atom stereocenters. The first-order valence-corrected chi connectivity index (χ1v) is 12.9. The fourth-order valence-electron chi connectivity index (χ4n) is 4.37. The van der Waals surface area contributed by atoms with Crippen LogP contribution in [0.4, 0.5) is 10.1 Å². The Morgan fingerprint density at radius 1 is 1.18 bits per heavy atom. The van der Waals surface area contributed by atoms with E-state index in [1.165, 1.54) is 17.9 Å². The van der Waals surface area contributed by atoms with E-state index in [9.17, 15) is 28.4 Å². The van der Waals surface area contributed by atoms with Gasteiger partial charge in [-0.05, 0) is 49.8 Å². The molecule has 4 amide bonds. The molecule has 0 aliphatic carbocycles. The van der Waals surface area contributed by atoms with Crippen molar-refractivity contribution in [2.24, 2.45) is 11.7 Å². The Bertz CT molecular complexity index is 1080. The van der Waals surface area contributed by atoms with Gasteiger partial charge in [-0.15, -0.1) is 0 Å². The number of hydrogen-bond acceptors (Lipinski definition) is 6. The van der Waals surface area contributed by atoms with Crippen molar-refractivity contribution in [2.45, 2.75) is 64.6 Å². The second-order valence-electron chi connectivity index (χ2n) is 9.79. The first kappa shape index (κ1) is 31.2. The van der Waals surface area contributed by atoms with E-state index in [1.807, 2.05) is 0 Å². The van der Waals surface area contributed by atoms with Crippen molar-refractivity contribution >= 4 is 41.1 Å². The van der Waals surface area contributed by atoms with E-state index < -0.39 is 48.3 Å². The minimum Gasteiger partial charge on any atom is -0.370 e. The van der Waals surface area contributed by atoms with E-state index in [1.54, 1.807) is 32.0 Å². The first-order chi connectivity index (χ1) is 18.4. The molecule has 7 N–H and O–H groups in total. The molecule has 12 nitrogen and oxygen atoms in total. The third kappa shape index (κ3) is 9.34. The molecule has 0 radical (unpaired) electrons. The summed E-state index contributed by atoms with van der Waals surface area (Å²) < 4.78 is 13.2. The number of alkyl halides is 1. The van der Waals surface area contributed by atoms with Gasteiger partial charge in [-0.25, -0.2) is 4.39 Å². The molecule has 0 bridgehead atoms. The number of likely N-dealkylation sites (tertiary alicyclic amines) is 1. The van der Waals surface area contributed by atoms with Gasteiger partial charge in [0.2, 0.25) is 17.7 Å². The van der Waals surface area contributed by atoms with Gasteiger partial charge in [0.15, 0.2) is 11.7 Å². The maximum Gasteiger partial charge on any atom is 0.252 e. The van der Waals surface area contributed by atoms with Crippen molar-refractivity contribution in [1.29, 1.82) is 5.41 Å². The molecule has 0 spiro atoms. The van der Waals surface area contributed by atoms with Crippen molar-refractivity contribution in [3.8, 4) is 0 Å². The SMILES string of the molecule is CC(=O)Nc1cccc(C(=O)NC(C(=O)N2CCC[C@H]2C(=O)NC(CCCNC(=N)N)C(=O)CF)C(C)C)c1. The van der Waals surface area contributed by atoms with E-state index in [4.69, 9.17) is 11.1 Å². The molecule has 2 rings (SSSR count). The quantitative estimate of drug-likeness (QED) is 0.119. The largest absolute Gasteiger partial charge is 0.370 e. The Morgan fingerprint density at radius 2 is 1.90 bits per heavy atom. The molecule has 0 aromatic heterocycles. The van der Waals surface area contributed by atoms with Crippen molar-refractivity contribution in [3.63, 3.8) is 0 Å². The molecule has 1 fully saturated rings. The third-order valence-corrected chi connectivity index (χ3v) is 6.32. The summed E-state index contributed by atoms with van der Waals surface area (Å²) in [5.41, 5.74) is 5.92. The lowest BCUT2D eigenvalue weighted by Crippen LogP contribution is -2.56. The first-order valence-electron chi connectivity index (χ1n) is 12.9. The second-order valence-corrected chi connectivity index (χ2v) is 9.79. The molecule has 1 aromatic carbocycles. The Balaban J connectivity index is 2.11. The molecule has 214 valence electrons. The van der Waals surface area contributed by atoms with Crippen molar-refractivity contribution < 1.29 is 28.4 Å². The molecule has 39 heavy (non-hydrogen) atoms. The minimum absolute atomic E-state index is 0.137. The van der Waals surface area contributed by atoms with E-state index in [2.05, 4.69) is 21.3 Å². The predicted molar refractivity (Wildman–Crippen MR) is 144 cm³/mol. The fraction of sp³-hybridized carbons (Fsp3) is 0.538. The number of ketones is 1. The lowest BCUT2D eigenvalue weighted by Gasteiger charge is -2.31. The molecule has 0 saturated carbocycles. The van der Waals surface area contributed by atoms with E-state index in [-0.39, 0.29) is 42.9 Å². The molecule has 1 aliphatic rings. The molecule has 1 aliphatic heterocycles. The fourth-order valence-corrected chi connectivity index (χ4v) is 4.37. The number of benzene rings is 1. The van der Waals surface area contributed by atoms with E-state index >= 15 is 0 Å². The Labute approximate surface area is 227 Å². The van der Waals surface area contributed by atoms with Crippen molar-refractivity contribution in [1.82, 2.24) is 20.9 Å². The highest BCUT2D eigenvalue weighted by molar-refractivity contribution is 6.00. The maximum atomic E-state index is 13.5. The highest BCUT2D eigenvalue weighted by Crippen LogP contribution is 2.21. The number of carbonyl (C=O) groups is 5. The highest BCUT2D eigenvalue weighted by atomic mass is 19.1. The maximum absolute atomic E-state index is 13.5. The monoisotopic (exact) mass is 547 g/mol. The molecule has 13 heteroatoms. The smallest absolute Gasteiger partial charge is 0.252 e. The zero-order valence-corrected chi connectivity index (χ0v) is 22.5. The van der Waals surface area contributed by atoms with Gasteiger partial charge in [0, 0.05) is 31.3 Å². The van der Waals surface area contributed by atoms with Gasteiger partial charge in [-0.2, -0.15) is 0 Å². The molecular formula is C26H38FN7O5. The van der Waals surface area contributed by atoms with Crippen molar-refractivity contribution in [3.05, 3.63) is 29.8 Å². The summed E-state index contributed by atoms with van der Waals surface area (Å²) in [6.07, 6.45) is 1.40. The molecule has 3 atom stereocenters. The Kier molecular flexibility index (Phi) is 11.8. The summed E-state index contributed by atoms with van der Waals surface area (Å²) in [6.45, 7) is 4.21. The van der Waals surface area contributed by atoms with Crippen LogP contribution in [0, 0.1) is 11.3 Å². The number of halogens is 1. The minimum atomic E-state index is -1.25. The van der Waals surface area contributed by atoms with Crippen LogP contribution in [0.5, 0.6) is 0 Å². The summed E-state index contributed by atoms with van der Waals surface area (Å²) in [4.78, 5) is 64.5. The van der Waals surface area contributed by atoms with Gasteiger partial charge >= 0.3 is 0 Å². The van der Waals surface area contributed by atoms with Crippen LogP contribution in [0.25, 0.3) is 0 Å². The lowest BCUT2D eigenvalue weighted by atomic mass is 10.0. The van der Waals surface area contributed by atoms with Crippen LogP contribution >= 0.6 is 0 Å². The summed E-state index contributed by atoms with van der Waals surface area (Å²) in [6, 6.07) is 3.42. The molecule has 1 aromatic rings. The lowest BCUT2D eigenvalue weighted by molar-refractivity contribution is -0.141. The van der Waals surface area contributed by atoms with Gasteiger partial charge in [0.25, 0.3) is 5.91 Å². The van der Waals surface area contributed by atoms with E-state index in [0.717, 1.165) is 0 Å². The standard InChI is InChI=1S/C26H38FN7O5/c1-15(2)22(33-23(37)17-7-4-8-18(13-17)31-16(3)35)25(39)34-12-6-10-20(34)24(38)32-19(21(36)14-27)9-5-11-30-26(28)29/h4,7-8,13,15,19-20,22H,5-6,9-12,14H2,1-3H3,(H,31,35)(H,32,38)(H,33,37)(H4,28,29,30)/t19?,20-,22?/m0/s1. The number of carbonyl (C=O) groups excluding carboxylic acids is 5. The molecular weight excluding hydrogens is 509 g/mol. The summed E-state index contributed by atoms with van der Waals surface area (Å²) in [5, 5.41) is 17.7. The molecule has 1 heterocycles. The summed E-state index contributed by atoms with van der Waals surface area (Å²) >= 11 is 0. The average Bonchev–Trinajstić information content (AvgIpc) is 3.37. The number of amides is 4. The van der Waals surface area contributed by atoms with Crippen LogP contribution in [0.15, 0.2) is 24.3 Å². The highest BCUT2D eigenvalue weighted by Gasteiger charge is 2.39. The second kappa shape index (κ2) is 14.8. The number of guanidine groups is 1. The number of Topliss-reactive ketones (excluding diaryl/α,β-unsaturated/α-hetero) is 1. The molecule has 1 saturated heterocycles. The zero-order valence-electron chi connectivity index (χ0n) is 22.5. The Morgan fingerprint density at radius 3 is 2.51 bits per heavy atom. The average molecular weight is 548 g/mol. The van der Waals surface area contributed by atoms with Crippen LogP contribution in [0.3, 0.4) is 0 Å². The van der Waals surface area contributed by atoms with Crippen LogP contribution in [-0.4, -0.2) is 78.2 Å². The summed E-state index contributed by atoms with van der Waals surface area (Å²) in [7, 11) is 0.